The van der Waals surface area contributed by atoms with Crippen LogP contribution in [0.1, 0.15) is 12.5 Å². The number of amides is 1. The van der Waals surface area contributed by atoms with Gasteiger partial charge in [-0.25, -0.2) is 8.42 Å². The van der Waals surface area contributed by atoms with Gasteiger partial charge in [-0.3, -0.25) is 9.10 Å². The SMILES string of the molecule is CCc1ccc(OCCNC(=O)CN(c2ccccc2)S(=O)(=O)c2ccc(OC)cc2)cc1. The summed E-state index contributed by atoms with van der Waals surface area (Å²) in [5, 5.41) is 2.73. The van der Waals surface area contributed by atoms with Gasteiger partial charge in [0.15, 0.2) is 0 Å². The quantitative estimate of drug-likeness (QED) is 0.434. The van der Waals surface area contributed by atoms with Crippen LogP contribution in [0.4, 0.5) is 5.69 Å². The number of nitrogens with one attached hydrogen (secondary N) is 1. The number of ether oxygens (including phenoxy) is 2. The molecule has 0 aliphatic rings. The molecule has 1 N–H and O–H groups in total. The molecule has 1 amide bonds. The van der Waals surface area contributed by atoms with Crippen LogP contribution in [0, 0.1) is 0 Å². The molecule has 0 aliphatic carbocycles. The molecule has 0 heterocycles. The van der Waals surface area contributed by atoms with E-state index in [1.165, 1.54) is 24.8 Å². The summed E-state index contributed by atoms with van der Waals surface area (Å²) in [5.74, 6) is 0.831. The molecule has 0 aliphatic heterocycles. The number of para-hydroxylation sites is 1. The van der Waals surface area contributed by atoms with Gasteiger partial charge in [0, 0.05) is 0 Å². The maximum atomic E-state index is 13.3. The molecule has 0 saturated heterocycles. The number of methoxy groups -OCH3 is 1. The Hall–Kier alpha value is -3.52. The molecule has 0 bridgehead atoms. The predicted octanol–water partition coefficient (Wildman–Crippen LogP) is 3.65. The number of sulfonamides is 1. The molecule has 0 atom stereocenters. The summed E-state index contributed by atoms with van der Waals surface area (Å²) in [6.07, 6.45) is 0.952. The van der Waals surface area contributed by atoms with Crippen LogP contribution in [0.5, 0.6) is 11.5 Å². The summed E-state index contributed by atoms with van der Waals surface area (Å²) in [6.45, 7) is 2.25. The predicted molar refractivity (Wildman–Crippen MR) is 128 cm³/mol. The fourth-order valence-corrected chi connectivity index (χ4v) is 4.57. The van der Waals surface area contributed by atoms with Gasteiger partial charge >= 0.3 is 0 Å². The number of benzene rings is 3. The molecular formula is C25H28N2O5S. The minimum Gasteiger partial charge on any atom is -0.497 e. The number of anilines is 1. The summed E-state index contributed by atoms with van der Waals surface area (Å²) in [4.78, 5) is 12.7. The normalized spacial score (nSPS) is 11.0. The highest BCUT2D eigenvalue weighted by atomic mass is 32.2. The van der Waals surface area contributed by atoms with E-state index in [2.05, 4.69) is 12.2 Å². The van der Waals surface area contributed by atoms with Crippen LogP contribution < -0.4 is 19.1 Å². The number of nitrogens with zero attached hydrogens (tertiary/aromatic N) is 1. The summed E-state index contributed by atoms with van der Waals surface area (Å²) < 4.78 is 38.5. The summed E-state index contributed by atoms with van der Waals surface area (Å²) in [5.41, 5.74) is 1.62. The highest BCUT2D eigenvalue weighted by Gasteiger charge is 2.27. The number of aryl methyl sites for hydroxylation is 1. The van der Waals surface area contributed by atoms with Crippen molar-refractivity contribution in [2.75, 3.05) is 31.1 Å². The van der Waals surface area contributed by atoms with Gasteiger partial charge in [0.2, 0.25) is 5.91 Å². The number of rotatable bonds is 11. The Morgan fingerprint density at radius 3 is 2.15 bits per heavy atom. The van der Waals surface area contributed by atoms with Crippen molar-refractivity contribution in [2.24, 2.45) is 0 Å². The highest BCUT2D eigenvalue weighted by Crippen LogP contribution is 2.24. The molecular weight excluding hydrogens is 440 g/mol. The van der Waals surface area contributed by atoms with Crippen molar-refractivity contribution >= 4 is 21.6 Å². The lowest BCUT2D eigenvalue weighted by Gasteiger charge is -2.24. The summed E-state index contributed by atoms with van der Waals surface area (Å²) in [7, 11) is -2.46. The molecule has 3 aromatic rings. The van der Waals surface area contributed by atoms with E-state index < -0.39 is 15.9 Å². The van der Waals surface area contributed by atoms with Gasteiger partial charge in [0.25, 0.3) is 10.0 Å². The van der Waals surface area contributed by atoms with Gasteiger partial charge in [-0.2, -0.15) is 0 Å². The minimum absolute atomic E-state index is 0.0683. The Morgan fingerprint density at radius 1 is 0.909 bits per heavy atom. The number of hydrogen-bond acceptors (Lipinski definition) is 5. The third kappa shape index (κ3) is 6.49. The largest absolute Gasteiger partial charge is 0.497 e. The molecule has 8 heteroatoms. The van der Waals surface area contributed by atoms with E-state index in [4.69, 9.17) is 9.47 Å². The molecule has 3 rings (SSSR count). The number of hydrogen-bond donors (Lipinski definition) is 1. The Bertz CT molecular complexity index is 1130. The Labute approximate surface area is 195 Å². The average Bonchev–Trinajstić information content (AvgIpc) is 2.86. The van der Waals surface area contributed by atoms with E-state index in [0.717, 1.165) is 16.5 Å². The Balaban J connectivity index is 1.65. The van der Waals surface area contributed by atoms with E-state index in [1.807, 2.05) is 24.3 Å². The van der Waals surface area contributed by atoms with Gasteiger partial charge in [0.05, 0.1) is 24.2 Å². The highest BCUT2D eigenvalue weighted by molar-refractivity contribution is 7.92. The lowest BCUT2D eigenvalue weighted by atomic mass is 10.2. The number of carbonyl (C=O) groups excluding carboxylic acids is 1. The zero-order chi connectivity index (χ0) is 23.7. The van der Waals surface area contributed by atoms with Crippen molar-refractivity contribution in [3.05, 3.63) is 84.4 Å². The zero-order valence-electron chi connectivity index (χ0n) is 18.7. The first-order valence-electron chi connectivity index (χ1n) is 10.6. The van der Waals surface area contributed by atoms with Crippen molar-refractivity contribution in [1.29, 1.82) is 0 Å². The molecule has 7 nitrogen and oxygen atoms in total. The fourth-order valence-electron chi connectivity index (χ4n) is 3.15. The average molecular weight is 469 g/mol. The van der Waals surface area contributed by atoms with Crippen molar-refractivity contribution in [2.45, 2.75) is 18.2 Å². The Kier molecular flexibility index (Phi) is 8.32. The monoisotopic (exact) mass is 468 g/mol. The molecule has 3 aromatic carbocycles. The van der Waals surface area contributed by atoms with Gasteiger partial charge in [0.1, 0.15) is 24.7 Å². The molecule has 0 radical (unpaired) electrons. The first kappa shape index (κ1) is 24.1. The maximum Gasteiger partial charge on any atom is 0.264 e. The molecule has 0 aromatic heterocycles. The van der Waals surface area contributed by atoms with Crippen molar-refractivity contribution in [3.63, 3.8) is 0 Å². The van der Waals surface area contributed by atoms with Gasteiger partial charge in [-0.1, -0.05) is 37.3 Å². The van der Waals surface area contributed by atoms with Gasteiger partial charge < -0.3 is 14.8 Å². The zero-order valence-corrected chi connectivity index (χ0v) is 19.5. The second-order valence-electron chi connectivity index (χ2n) is 7.22. The van der Waals surface area contributed by atoms with Crippen LogP contribution in [0.3, 0.4) is 0 Å². The molecule has 33 heavy (non-hydrogen) atoms. The summed E-state index contributed by atoms with van der Waals surface area (Å²) in [6, 6.07) is 22.4. The number of carbonyl (C=O) groups is 1. The van der Waals surface area contributed by atoms with Crippen molar-refractivity contribution < 1.29 is 22.7 Å². The van der Waals surface area contributed by atoms with Crippen molar-refractivity contribution in [3.8, 4) is 11.5 Å². The van der Waals surface area contributed by atoms with Crippen molar-refractivity contribution in [1.82, 2.24) is 5.32 Å². The summed E-state index contributed by atoms with van der Waals surface area (Å²) >= 11 is 0. The standard InChI is InChI=1S/C25H28N2O5S/c1-3-20-9-11-23(12-10-20)32-18-17-26-25(28)19-27(21-7-5-4-6-8-21)33(29,30)24-15-13-22(31-2)14-16-24/h4-16H,3,17-19H2,1-2H3,(H,26,28). The van der Waals surface area contributed by atoms with Crippen LogP contribution in [-0.2, 0) is 21.2 Å². The fraction of sp³-hybridized carbons (Fsp3) is 0.240. The third-order valence-corrected chi connectivity index (χ3v) is 6.79. The minimum atomic E-state index is -3.97. The second-order valence-corrected chi connectivity index (χ2v) is 9.08. The molecule has 0 fully saturated rings. The third-order valence-electron chi connectivity index (χ3n) is 5.00. The first-order chi connectivity index (χ1) is 15.9. The van der Waals surface area contributed by atoms with Crippen LogP contribution in [0.25, 0.3) is 0 Å². The van der Waals surface area contributed by atoms with E-state index in [1.54, 1.807) is 42.5 Å². The van der Waals surface area contributed by atoms with E-state index in [0.29, 0.717) is 11.4 Å². The van der Waals surface area contributed by atoms with Crippen LogP contribution in [-0.4, -0.2) is 41.1 Å². The van der Waals surface area contributed by atoms with Gasteiger partial charge in [-0.15, -0.1) is 0 Å². The first-order valence-corrected chi connectivity index (χ1v) is 12.1. The Morgan fingerprint density at radius 2 is 1.55 bits per heavy atom. The van der Waals surface area contributed by atoms with Crippen LogP contribution >= 0.6 is 0 Å². The van der Waals surface area contributed by atoms with Gasteiger partial charge in [-0.05, 0) is 60.5 Å². The molecule has 174 valence electrons. The smallest absolute Gasteiger partial charge is 0.264 e. The van der Waals surface area contributed by atoms with Crippen LogP contribution in [0.15, 0.2) is 83.8 Å². The molecule has 0 saturated carbocycles. The second kappa shape index (κ2) is 11.4. The maximum absolute atomic E-state index is 13.3. The topological polar surface area (TPSA) is 84.9 Å². The van der Waals surface area contributed by atoms with E-state index in [9.17, 15) is 13.2 Å². The molecule has 0 spiro atoms. The van der Waals surface area contributed by atoms with E-state index in [-0.39, 0.29) is 24.6 Å². The molecule has 0 unspecified atom stereocenters. The lowest BCUT2D eigenvalue weighted by molar-refractivity contribution is -0.119. The van der Waals surface area contributed by atoms with E-state index >= 15 is 0 Å². The lowest BCUT2D eigenvalue weighted by Crippen LogP contribution is -2.41. The van der Waals surface area contributed by atoms with Crippen LogP contribution in [0.2, 0.25) is 0 Å².